The van der Waals surface area contributed by atoms with Gasteiger partial charge in [-0.3, -0.25) is 4.90 Å². The number of carboxylic acid groups (broad SMARTS) is 1. The summed E-state index contributed by atoms with van der Waals surface area (Å²) in [5, 5.41) is 14.0. The van der Waals surface area contributed by atoms with E-state index in [0.717, 1.165) is 5.56 Å². The highest BCUT2D eigenvalue weighted by atomic mass is 16.4. The van der Waals surface area contributed by atoms with Crippen LogP contribution in [0.5, 0.6) is 0 Å². The van der Waals surface area contributed by atoms with Gasteiger partial charge < -0.3 is 5.11 Å². The molecular formula is C16H20N4O2. The third-order valence-electron chi connectivity index (χ3n) is 4.02. The fourth-order valence-corrected chi connectivity index (χ4v) is 2.73. The summed E-state index contributed by atoms with van der Waals surface area (Å²) in [5.74, 6) is 1.35. The zero-order valence-electron chi connectivity index (χ0n) is 13.0. The second-order valence-corrected chi connectivity index (χ2v) is 6.71. The summed E-state index contributed by atoms with van der Waals surface area (Å²) in [6.45, 7) is 7.00. The van der Waals surface area contributed by atoms with Crippen LogP contribution >= 0.6 is 0 Å². The van der Waals surface area contributed by atoms with E-state index >= 15 is 0 Å². The first-order chi connectivity index (χ1) is 10.4. The van der Waals surface area contributed by atoms with Crippen LogP contribution < -0.4 is 0 Å². The van der Waals surface area contributed by atoms with Crippen LogP contribution in [0.1, 0.15) is 32.6 Å². The highest BCUT2D eigenvalue weighted by molar-refractivity contribution is 5.65. The monoisotopic (exact) mass is 300 g/mol. The predicted molar refractivity (Wildman–Crippen MR) is 82.4 cm³/mol. The van der Waals surface area contributed by atoms with Crippen molar-refractivity contribution < 1.29 is 9.90 Å². The van der Waals surface area contributed by atoms with Crippen LogP contribution in [0.25, 0.3) is 11.4 Å². The molecule has 0 saturated heterocycles. The Hall–Kier alpha value is -2.37. The summed E-state index contributed by atoms with van der Waals surface area (Å²) in [5.41, 5.74) is 0.837. The molecule has 1 aromatic heterocycles. The number of aromatic nitrogens is 3. The fraction of sp³-hybridized carbons (Fsp3) is 0.438. The lowest BCUT2D eigenvalue weighted by atomic mass is 9.85. The molecule has 1 amide bonds. The van der Waals surface area contributed by atoms with E-state index in [2.05, 4.69) is 30.9 Å². The van der Waals surface area contributed by atoms with Gasteiger partial charge in [0.2, 0.25) is 0 Å². The maximum Gasteiger partial charge on any atom is 0.407 e. The van der Waals surface area contributed by atoms with E-state index in [1.165, 1.54) is 4.90 Å². The minimum absolute atomic E-state index is 0.0303. The van der Waals surface area contributed by atoms with E-state index in [1.54, 1.807) is 0 Å². The lowest BCUT2D eigenvalue weighted by Gasteiger charge is -2.38. The Morgan fingerprint density at radius 3 is 2.55 bits per heavy atom. The minimum Gasteiger partial charge on any atom is -0.465 e. The number of rotatable bonds is 1. The van der Waals surface area contributed by atoms with Crippen LogP contribution in [0, 0.1) is 5.41 Å². The molecule has 22 heavy (non-hydrogen) atoms. The van der Waals surface area contributed by atoms with Crippen LogP contribution in [0.2, 0.25) is 0 Å². The molecule has 116 valence electrons. The van der Waals surface area contributed by atoms with Gasteiger partial charge in [0.25, 0.3) is 0 Å². The highest BCUT2D eigenvalue weighted by Gasteiger charge is 2.37. The SMILES string of the molecule is CC(C)(C)C1CN(C(=O)O)Cc2nc(-c3ccccc3)nn21. The van der Waals surface area contributed by atoms with Gasteiger partial charge in [-0.15, -0.1) is 0 Å². The van der Waals surface area contributed by atoms with Gasteiger partial charge in [-0.1, -0.05) is 51.1 Å². The second-order valence-electron chi connectivity index (χ2n) is 6.71. The first kappa shape index (κ1) is 14.6. The zero-order valence-corrected chi connectivity index (χ0v) is 13.0. The Balaban J connectivity index is 2.05. The number of benzene rings is 1. The summed E-state index contributed by atoms with van der Waals surface area (Å²) in [6.07, 6.45) is -0.912. The molecule has 0 radical (unpaired) electrons. The maximum atomic E-state index is 11.4. The van der Waals surface area contributed by atoms with Gasteiger partial charge in [0.15, 0.2) is 5.82 Å². The Morgan fingerprint density at radius 1 is 1.27 bits per heavy atom. The van der Waals surface area contributed by atoms with E-state index in [4.69, 9.17) is 0 Å². The lowest BCUT2D eigenvalue weighted by Crippen LogP contribution is -2.45. The molecule has 1 atom stereocenters. The molecule has 0 aliphatic carbocycles. The first-order valence-electron chi connectivity index (χ1n) is 7.35. The molecule has 1 unspecified atom stereocenters. The van der Waals surface area contributed by atoms with E-state index in [-0.39, 0.29) is 18.0 Å². The van der Waals surface area contributed by atoms with E-state index < -0.39 is 6.09 Å². The lowest BCUT2D eigenvalue weighted by molar-refractivity contribution is 0.0874. The number of hydrogen-bond acceptors (Lipinski definition) is 3. The van der Waals surface area contributed by atoms with Gasteiger partial charge in [0, 0.05) is 12.1 Å². The number of carbonyl (C=O) groups is 1. The molecule has 0 bridgehead atoms. The van der Waals surface area contributed by atoms with Crippen LogP contribution in [-0.4, -0.2) is 37.4 Å². The number of hydrogen-bond donors (Lipinski definition) is 1. The molecule has 0 spiro atoms. The second kappa shape index (κ2) is 5.12. The molecule has 2 aromatic rings. The average Bonchev–Trinajstić information content (AvgIpc) is 2.89. The Bertz CT molecular complexity index is 688. The van der Waals surface area contributed by atoms with Crippen LogP contribution in [0.3, 0.4) is 0 Å². The van der Waals surface area contributed by atoms with Crippen molar-refractivity contribution in [2.45, 2.75) is 33.4 Å². The number of amides is 1. The summed E-state index contributed by atoms with van der Waals surface area (Å²) >= 11 is 0. The summed E-state index contributed by atoms with van der Waals surface area (Å²) < 4.78 is 1.90. The standard InChI is InChI=1S/C16H20N4O2/c1-16(2,3)12-9-19(15(21)22)10-13-17-14(18-20(12)13)11-7-5-4-6-8-11/h4-8,12H,9-10H2,1-3H3,(H,21,22). The van der Waals surface area contributed by atoms with Crippen LogP contribution in [0.4, 0.5) is 4.79 Å². The van der Waals surface area contributed by atoms with Gasteiger partial charge >= 0.3 is 6.09 Å². The summed E-state index contributed by atoms with van der Waals surface area (Å²) in [7, 11) is 0. The fourth-order valence-electron chi connectivity index (χ4n) is 2.73. The third kappa shape index (κ3) is 2.56. The molecule has 1 aliphatic rings. The number of nitrogens with zero attached hydrogens (tertiary/aromatic N) is 4. The summed E-state index contributed by atoms with van der Waals surface area (Å²) in [4.78, 5) is 17.4. The van der Waals surface area contributed by atoms with Crippen molar-refractivity contribution in [1.82, 2.24) is 19.7 Å². The van der Waals surface area contributed by atoms with Crippen molar-refractivity contribution in [2.24, 2.45) is 5.41 Å². The largest absolute Gasteiger partial charge is 0.465 e. The zero-order chi connectivity index (χ0) is 15.9. The van der Waals surface area contributed by atoms with Crippen LogP contribution in [0.15, 0.2) is 30.3 Å². The Labute approximate surface area is 129 Å². The quantitative estimate of drug-likeness (QED) is 0.878. The molecule has 6 nitrogen and oxygen atoms in total. The van der Waals surface area contributed by atoms with Gasteiger partial charge in [0.1, 0.15) is 5.82 Å². The first-order valence-corrected chi connectivity index (χ1v) is 7.35. The molecule has 0 saturated carbocycles. The minimum atomic E-state index is -0.912. The van der Waals surface area contributed by atoms with Crippen molar-refractivity contribution in [3.05, 3.63) is 36.2 Å². The molecule has 1 aliphatic heterocycles. The van der Waals surface area contributed by atoms with Crippen molar-refractivity contribution in [3.63, 3.8) is 0 Å². The van der Waals surface area contributed by atoms with Gasteiger partial charge in [-0.05, 0) is 5.41 Å². The molecule has 1 aromatic carbocycles. The van der Waals surface area contributed by atoms with Crippen LogP contribution in [-0.2, 0) is 6.54 Å². The molecule has 2 heterocycles. The molecule has 1 N–H and O–H groups in total. The van der Waals surface area contributed by atoms with Crippen molar-refractivity contribution in [2.75, 3.05) is 6.54 Å². The topological polar surface area (TPSA) is 71.2 Å². The molecular weight excluding hydrogens is 280 g/mol. The Morgan fingerprint density at radius 2 is 1.95 bits per heavy atom. The highest BCUT2D eigenvalue weighted by Crippen LogP contribution is 2.35. The van der Waals surface area contributed by atoms with E-state index in [9.17, 15) is 9.90 Å². The van der Waals surface area contributed by atoms with Crippen molar-refractivity contribution in [1.29, 1.82) is 0 Å². The van der Waals surface area contributed by atoms with Gasteiger partial charge in [-0.25, -0.2) is 14.5 Å². The third-order valence-corrected chi connectivity index (χ3v) is 4.02. The average molecular weight is 300 g/mol. The Kier molecular flexibility index (Phi) is 3.39. The summed E-state index contributed by atoms with van der Waals surface area (Å²) in [6, 6.07) is 9.73. The molecule has 6 heteroatoms. The van der Waals surface area contributed by atoms with Crippen molar-refractivity contribution >= 4 is 6.09 Å². The molecule has 3 rings (SSSR count). The smallest absolute Gasteiger partial charge is 0.407 e. The normalized spacial score (nSPS) is 18.1. The van der Waals surface area contributed by atoms with Gasteiger partial charge in [-0.2, -0.15) is 5.10 Å². The van der Waals surface area contributed by atoms with E-state index in [1.807, 2.05) is 35.0 Å². The predicted octanol–water partition coefficient (Wildman–Crippen LogP) is 3.03. The van der Waals surface area contributed by atoms with Crippen molar-refractivity contribution in [3.8, 4) is 11.4 Å². The van der Waals surface area contributed by atoms with Gasteiger partial charge in [0.05, 0.1) is 12.6 Å². The number of fused-ring (bicyclic) bond motifs is 1. The van der Waals surface area contributed by atoms with E-state index in [0.29, 0.717) is 18.2 Å². The molecule has 0 fully saturated rings. The maximum absolute atomic E-state index is 11.4.